The number of ether oxygens (including phenoxy) is 1. The number of hydrogen-bond donors (Lipinski definition) is 1. The summed E-state index contributed by atoms with van der Waals surface area (Å²) >= 11 is 0. The van der Waals surface area contributed by atoms with Gasteiger partial charge in [0.2, 0.25) is 0 Å². The SMILES string of the molecule is COc1ccc(C=CC(=O)O)cc1CN(C)CC(C)(C)C. The maximum absolute atomic E-state index is 10.6. The molecule has 0 bridgehead atoms. The van der Waals surface area contributed by atoms with Crippen LogP contribution in [0, 0.1) is 5.41 Å². The van der Waals surface area contributed by atoms with Crippen LogP contribution >= 0.6 is 0 Å². The molecule has 0 saturated heterocycles. The van der Waals surface area contributed by atoms with E-state index in [0.717, 1.165) is 36.0 Å². The van der Waals surface area contributed by atoms with Crippen molar-refractivity contribution < 1.29 is 14.6 Å². The van der Waals surface area contributed by atoms with Crippen LogP contribution in [0.2, 0.25) is 0 Å². The lowest BCUT2D eigenvalue weighted by Crippen LogP contribution is -2.29. The van der Waals surface area contributed by atoms with Crippen molar-refractivity contribution in [2.24, 2.45) is 5.41 Å². The Hall–Kier alpha value is -1.81. The van der Waals surface area contributed by atoms with Crippen molar-refractivity contribution in [1.29, 1.82) is 0 Å². The summed E-state index contributed by atoms with van der Waals surface area (Å²) < 4.78 is 5.39. The summed E-state index contributed by atoms with van der Waals surface area (Å²) in [7, 11) is 3.72. The van der Waals surface area contributed by atoms with Gasteiger partial charge < -0.3 is 14.7 Å². The number of benzene rings is 1. The Balaban J connectivity index is 2.92. The molecule has 4 heteroatoms. The van der Waals surface area contributed by atoms with Gasteiger partial charge in [-0.2, -0.15) is 0 Å². The van der Waals surface area contributed by atoms with Crippen LogP contribution in [0.1, 0.15) is 31.9 Å². The molecule has 21 heavy (non-hydrogen) atoms. The van der Waals surface area contributed by atoms with Crippen LogP contribution in [-0.2, 0) is 11.3 Å². The topological polar surface area (TPSA) is 49.8 Å². The van der Waals surface area contributed by atoms with E-state index in [-0.39, 0.29) is 5.41 Å². The molecule has 0 fully saturated rings. The molecule has 1 aromatic carbocycles. The minimum absolute atomic E-state index is 0.225. The van der Waals surface area contributed by atoms with E-state index in [1.165, 1.54) is 0 Å². The number of carboxylic acid groups (broad SMARTS) is 1. The van der Waals surface area contributed by atoms with E-state index in [4.69, 9.17) is 9.84 Å². The second-order valence-electron chi connectivity index (χ2n) is 6.48. The molecule has 0 aliphatic carbocycles. The second kappa shape index (κ2) is 7.27. The highest BCUT2D eigenvalue weighted by Gasteiger charge is 2.15. The van der Waals surface area contributed by atoms with Gasteiger partial charge in [-0.05, 0) is 36.2 Å². The molecule has 1 N–H and O–H groups in total. The fourth-order valence-corrected chi connectivity index (χ4v) is 2.35. The zero-order valence-corrected chi connectivity index (χ0v) is 13.5. The lowest BCUT2D eigenvalue weighted by Gasteiger charge is -2.27. The van der Waals surface area contributed by atoms with Gasteiger partial charge in [0.25, 0.3) is 0 Å². The van der Waals surface area contributed by atoms with E-state index in [2.05, 4.69) is 32.7 Å². The largest absolute Gasteiger partial charge is 0.496 e. The van der Waals surface area contributed by atoms with Gasteiger partial charge in [0.05, 0.1) is 7.11 Å². The predicted octanol–water partition coefficient (Wildman–Crippen LogP) is 3.27. The quantitative estimate of drug-likeness (QED) is 0.817. The van der Waals surface area contributed by atoms with Gasteiger partial charge in [-0.3, -0.25) is 0 Å². The predicted molar refractivity (Wildman–Crippen MR) is 85.5 cm³/mol. The number of aliphatic carboxylic acids is 1. The van der Waals surface area contributed by atoms with Crippen LogP contribution in [0.5, 0.6) is 5.75 Å². The van der Waals surface area contributed by atoms with Crippen LogP contribution in [-0.4, -0.2) is 36.7 Å². The summed E-state index contributed by atoms with van der Waals surface area (Å²) in [6, 6.07) is 5.70. The van der Waals surface area contributed by atoms with Crippen LogP contribution < -0.4 is 4.74 Å². The minimum atomic E-state index is -0.947. The molecule has 0 aromatic heterocycles. The molecule has 116 valence electrons. The molecular formula is C17H25NO3. The van der Waals surface area contributed by atoms with E-state index in [9.17, 15) is 4.79 Å². The molecule has 0 amide bonds. The van der Waals surface area contributed by atoms with Gasteiger partial charge in [0, 0.05) is 24.7 Å². The summed E-state index contributed by atoms with van der Waals surface area (Å²) in [6.45, 7) is 8.33. The van der Waals surface area contributed by atoms with Crippen molar-refractivity contribution in [2.75, 3.05) is 20.7 Å². The number of carbonyl (C=O) groups is 1. The zero-order valence-electron chi connectivity index (χ0n) is 13.5. The fraction of sp³-hybridized carbons (Fsp3) is 0.471. The van der Waals surface area contributed by atoms with Crippen LogP contribution in [0.25, 0.3) is 6.08 Å². The normalized spacial score (nSPS) is 12.1. The number of rotatable bonds is 6. The summed E-state index contributed by atoms with van der Waals surface area (Å²) in [5, 5.41) is 8.70. The van der Waals surface area contributed by atoms with Crippen LogP contribution in [0.3, 0.4) is 0 Å². The first-order valence-electron chi connectivity index (χ1n) is 6.98. The Morgan fingerprint density at radius 2 is 2.05 bits per heavy atom. The maximum Gasteiger partial charge on any atom is 0.328 e. The Kier molecular flexibility index (Phi) is 5.97. The van der Waals surface area contributed by atoms with Gasteiger partial charge >= 0.3 is 5.97 Å². The average Bonchev–Trinajstić information content (AvgIpc) is 2.34. The maximum atomic E-state index is 10.6. The van der Waals surface area contributed by atoms with Crippen molar-refractivity contribution in [3.63, 3.8) is 0 Å². The van der Waals surface area contributed by atoms with E-state index >= 15 is 0 Å². The van der Waals surface area contributed by atoms with Crippen molar-refractivity contribution in [2.45, 2.75) is 27.3 Å². The smallest absolute Gasteiger partial charge is 0.328 e. The number of carboxylic acids is 1. The third-order valence-corrected chi connectivity index (χ3v) is 2.91. The van der Waals surface area contributed by atoms with E-state index < -0.39 is 5.97 Å². The monoisotopic (exact) mass is 291 g/mol. The van der Waals surface area contributed by atoms with Gasteiger partial charge in [-0.1, -0.05) is 26.8 Å². The molecule has 0 radical (unpaired) electrons. The first-order chi connectivity index (χ1) is 9.71. The Morgan fingerprint density at radius 1 is 1.38 bits per heavy atom. The molecule has 0 atom stereocenters. The molecular weight excluding hydrogens is 266 g/mol. The second-order valence-corrected chi connectivity index (χ2v) is 6.48. The highest BCUT2D eigenvalue weighted by atomic mass is 16.5. The lowest BCUT2D eigenvalue weighted by atomic mass is 9.96. The van der Waals surface area contributed by atoms with Crippen molar-refractivity contribution in [3.8, 4) is 5.75 Å². The Bertz CT molecular complexity index is 515. The van der Waals surface area contributed by atoms with E-state index in [1.807, 2.05) is 18.2 Å². The molecule has 0 aliphatic heterocycles. The number of nitrogens with zero attached hydrogens (tertiary/aromatic N) is 1. The molecule has 1 aromatic rings. The average molecular weight is 291 g/mol. The molecule has 1 rings (SSSR count). The van der Waals surface area contributed by atoms with Gasteiger partial charge in [-0.15, -0.1) is 0 Å². The summed E-state index contributed by atoms with van der Waals surface area (Å²) in [5.74, 6) is -0.125. The molecule has 0 heterocycles. The first-order valence-corrected chi connectivity index (χ1v) is 6.98. The summed E-state index contributed by atoms with van der Waals surface area (Å²) in [5.41, 5.74) is 2.14. The number of hydrogen-bond acceptors (Lipinski definition) is 3. The third-order valence-electron chi connectivity index (χ3n) is 2.91. The lowest BCUT2D eigenvalue weighted by molar-refractivity contribution is -0.131. The Morgan fingerprint density at radius 3 is 2.57 bits per heavy atom. The van der Waals surface area contributed by atoms with Gasteiger partial charge in [0.15, 0.2) is 0 Å². The molecule has 0 spiro atoms. The van der Waals surface area contributed by atoms with E-state index in [1.54, 1.807) is 13.2 Å². The zero-order chi connectivity index (χ0) is 16.0. The summed E-state index contributed by atoms with van der Waals surface area (Å²) in [4.78, 5) is 12.8. The highest BCUT2D eigenvalue weighted by molar-refractivity contribution is 5.85. The highest BCUT2D eigenvalue weighted by Crippen LogP contribution is 2.23. The van der Waals surface area contributed by atoms with Crippen LogP contribution in [0.4, 0.5) is 0 Å². The molecule has 0 unspecified atom stereocenters. The summed E-state index contributed by atoms with van der Waals surface area (Å²) in [6.07, 6.45) is 2.74. The van der Waals surface area contributed by atoms with Gasteiger partial charge in [0.1, 0.15) is 5.75 Å². The molecule has 4 nitrogen and oxygen atoms in total. The van der Waals surface area contributed by atoms with Crippen molar-refractivity contribution >= 4 is 12.0 Å². The third kappa shape index (κ3) is 6.45. The Labute approximate surface area is 127 Å². The van der Waals surface area contributed by atoms with E-state index in [0.29, 0.717) is 0 Å². The van der Waals surface area contributed by atoms with Crippen molar-refractivity contribution in [1.82, 2.24) is 4.90 Å². The van der Waals surface area contributed by atoms with Crippen molar-refractivity contribution in [3.05, 3.63) is 35.4 Å². The van der Waals surface area contributed by atoms with Gasteiger partial charge in [-0.25, -0.2) is 4.79 Å². The number of methoxy groups -OCH3 is 1. The standard InChI is InChI=1S/C17H25NO3/c1-17(2,3)12-18(4)11-14-10-13(7-9-16(19)20)6-8-15(14)21-5/h6-10H,11-12H2,1-5H3,(H,19,20). The fourth-order valence-electron chi connectivity index (χ4n) is 2.35. The molecule has 0 aliphatic rings. The van der Waals surface area contributed by atoms with Crippen LogP contribution in [0.15, 0.2) is 24.3 Å². The molecule has 0 saturated carbocycles. The minimum Gasteiger partial charge on any atom is -0.496 e. The first kappa shape index (κ1) is 17.2.